The Hall–Kier alpha value is -2.50. The molecular formula is C15H15N5. The summed E-state index contributed by atoms with van der Waals surface area (Å²) in [4.78, 5) is 8.59. The average molecular weight is 265 g/mol. The molecule has 1 aromatic carbocycles. The van der Waals surface area contributed by atoms with Crippen LogP contribution in [0.25, 0.3) is 10.8 Å². The van der Waals surface area contributed by atoms with E-state index in [0.29, 0.717) is 5.69 Å². The van der Waals surface area contributed by atoms with Crippen LogP contribution in [0, 0.1) is 0 Å². The largest absolute Gasteiger partial charge is 0.398 e. The number of pyridine rings is 2. The minimum atomic E-state index is -0.296. The maximum absolute atomic E-state index is 6.02. The highest BCUT2D eigenvalue weighted by Gasteiger charge is 2.18. The predicted octanol–water partition coefficient (Wildman–Crippen LogP) is 1.76. The van der Waals surface area contributed by atoms with Crippen molar-refractivity contribution in [1.29, 1.82) is 0 Å². The van der Waals surface area contributed by atoms with Crippen molar-refractivity contribution in [2.45, 2.75) is 6.04 Å². The van der Waals surface area contributed by atoms with Gasteiger partial charge in [-0.05, 0) is 17.5 Å². The first kappa shape index (κ1) is 12.5. The van der Waals surface area contributed by atoms with Crippen molar-refractivity contribution < 1.29 is 0 Å². The Morgan fingerprint density at radius 2 is 1.90 bits per heavy atom. The van der Waals surface area contributed by atoms with E-state index in [-0.39, 0.29) is 6.04 Å². The van der Waals surface area contributed by atoms with Gasteiger partial charge < -0.3 is 5.73 Å². The van der Waals surface area contributed by atoms with E-state index in [1.807, 2.05) is 30.3 Å². The summed E-state index contributed by atoms with van der Waals surface area (Å²) in [7, 11) is 0. The molecule has 0 radical (unpaired) electrons. The molecule has 5 nitrogen and oxygen atoms in total. The van der Waals surface area contributed by atoms with Crippen LogP contribution in [0.1, 0.15) is 17.3 Å². The summed E-state index contributed by atoms with van der Waals surface area (Å²) in [5.41, 5.74) is 11.1. The molecule has 3 rings (SSSR count). The normalized spacial score (nSPS) is 12.4. The van der Waals surface area contributed by atoms with Gasteiger partial charge in [0.25, 0.3) is 0 Å². The number of nitrogen functional groups attached to an aromatic ring is 1. The first-order chi connectivity index (χ1) is 9.81. The molecule has 0 fully saturated rings. The van der Waals surface area contributed by atoms with Crippen LogP contribution in [0.3, 0.4) is 0 Å². The molecular weight excluding hydrogens is 250 g/mol. The number of benzene rings is 1. The number of nitrogens with two attached hydrogens (primary N) is 2. The van der Waals surface area contributed by atoms with E-state index >= 15 is 0 Å². The predicted molar refractivity (Wildman–Crippen MR) is 79.6 cm³/mol. The highest BCUT2D eigenvalue weighted by atomic mass is 15.2. The highest BCUT2D eigenvalue weighted by Crippen LogP contribution is 2.28. The molecule has 0 bridgehead atoms. The molecule has 3 aromatic rings. The first-order valence-electron chi connectivity index (χ1n) is 6.30. The number of rotatable bonds is 3. The Morgan fingerprint density at radius 3 is 2.70 bits per heavy atom. The zero-order chi connectivity index (χ0) is 13.9. The second-order valence-electron chi connectivity index (χ2n) is 4.52. The zero-order valence-electron chi connectivity index (χ0n) is 10.8. The third-order valence-corrected chi connectivity index (χ3v) is 3.34. The van der Waals surface area contributed by atoms with Crippen molar-refractivity contribution in [3.05, 3.63) is 66.2 Å². The summed E-state index contributed by atoms with van der Waals surface area (Å²) in [5, 5.41) is 2.15. The summed E-state index contributed by atoms with van der Waals surface area (Å²) in [5.74, 6) is 5.72. The minimum Gasteiger partial charge on any atom is -0.398 e. The van der Waals surface area contributed by atoms with Crippen molar-refractivity contribution in [3.8, 4) is 0 Å². The summed E-state index contributed by atoms with van der Waals surface area (Å²) in [6, 6.07) is 11.5. The van der Waals surface area contributed by atoms with Crippen LogP contribution in [-0.2, 0) is 0 Å². The molecule has 0 spiro atoms. The van der Waals surface area contributed by atoms with E-state index in [1.165, 1.54) is 0 Å². The Balaban J connectivity index is 2.20. The topological polar surface area (TPSA) is 89.8 Å². The second kappa shape index (κ2) is 5.24. The van der Waals surface area contributed by atoms with Crippen molar-refractivity contribution >= 4 is 16.5 Å². The van der Waals surface area contributed by atoms with E-state index in [0.717, 1.165) is 22.0 Å². The standard InChI is InChI=1S/C15H15N5/c16-13-6-7-18-9-12(13)15(20-17)14-11-4-2-1-3-10(11)5-8-19-14/h1-9,15,20H,17H2,(H2,16,18). The number of nitrogens with one attached hydrogen (secondary N) is 1. The molecule has 0 amide bonds. The number of aromatic nitrogens is 2. The van der Waals surface area contributed by atoms with Gasteiger partial charge in [0, 0.05) is 35.2 Å². The fraction of sp³-hybridized carbons (Fsp3) is 0.0667. The number of nitrogens with zero attached hydrogens (tertiary/aromatic N) is 2. The Bertz CT molecular complexity index is 736. The summed E-state index contributed by atoms with van der Waals surface area (Å²) >= 11 is 0. The molecule has 100 valence electrons. The molecule has 1 atom stereocenters. The number of hydrazine groups is 1. The third-order valence-electron chi connectivity index (χ3n) is 3.34. The van der Waals surface area contributed by atoms with E-state index in [4.69, 9.17) is 11.6 Å². The third kappa shape index (κ3) is 2.09. The molecule has 0 aliphatic rings. The summed E-state index contributed by atoms with van der Waals surface area (Å²) in [6.45, 7) is 0. The molecule has 0 aliphatic heterocycles. The second-order valence-corrected chi connectivity index (χ2v) is 4.52. The van der Waals surface area contributed by atoms with Gasteiger partial charge in [-0.1, -0.05) is 24.3 Å². The van der Waals surface area contributed by atoms with Gasteiger partial charge in [0.05, 0.1) is 11.7 Å². The molecule has 5 N–H and O–H groups in total. The molecule has 0 saturated heterocycles. The van der Waals surface area contributed by atoms with Gasteiger partial charge in [0.2, 0.25) is 0 Å². The molecule has 2 heterocycles. The van der Waals surface area contributed by atoms with Crippen molar-refractivity contribution in [3.63, 3.8) is 0 Å². The van der Waals surface area contributed by atoms with Crippen molar-refractivity contribution in [1.82, 2.24) is 15.4 Å². The lowest BCUT2D eigenvalue weighted by Gasteiger charge is -2.18. The van der Waals surface area contributed by atoms with Crippen LogP contribution < -0.4 is 17.0 Å². The molecule has 20 heavy (non-hydrogen) atoms. The first-order valence-corrected chi connectivity index (χ1v) is 6.30. The smallest absolute Gasteiger partial charge is 0.0922 e. The van der Waals surface area contributed by atoms with E-state index in [2.05, 4.69) is 15.4 Å². The van der Waals surface area contributed by atoms with Crippen LogP contribution in [0.2, 0.25) is 0 Å². The lowest BCUT2D eigenvalue weighted by molar-refractivity contribution is 0.625. The SMILES string of the molecule is NNC(c1cnccc1N)c1nccc2ccccc12. The number of hydrogen-bond acceptors (Lipinski definition) is 5. The van der Waals surface area contributed by atoms with Crippen LogP contribution >= 0.6 is 0 Å². The lowest BCUT2D eigenvalue weighted by Crippen LogP contribution is -2.30. The molecule has 1 unspecified atom stereocenters. The summed E-state index contributed by atoms with van der Waals surface area (Å²) in [6.07, 6.45) is 5.14. The van der Waals surface area contributed by atoms with Gasteiger partial charge in [-0.3, -0.25) is 15.8 Å². The van der Waals surface area contributed by atoms with E-state index < -0.39 is 0 Å². The number of hydrogen-bond donors (Lipinski definition) is 3. The Labute approximate surface area is 116 Å². The van der Waals surface area contributed by atoms with Crippen LogP contribution in [0.5, 0.6) is 0 Å². The van der Waals surface area contributed by atoms with Gasteiger partial charge in [-0.25, -0.2) is 5.43 Å². The monoisotopic (exact) mass is 265 g/mol. The van der Waals surface area contributed by atoms with Gasteiger partial charge in [0.1, 0.15) is 0 Å². The lowest BCUT2D eigenvalue weighted by atomic mass is 9.99. The number of fused-ring (bicyclic) bond motifs is 1. The van der Waals surface area contributed by atoms with Crippen LogP contribution in [0.15, 0.2) is 55.0 Å². The maximum atomic E-state index is 6.02. The Morgan fingerprint density at radius 1 is 1.05 bits per heavy atom. The number of anilines is 1. The van der Waals surface area contributed by atoms with Gasteiger partial charge in [-0.2, -0.15) is 0 Å². The van der Waals surface area contributed by atoms with Crippen LogP contribution in [0.4, 0.5) is 5.69 Å². The van der Waals surface area contributed by atoms with Gasteiger partial charge in [-0.15, -0.1) is 0 Å². The van der Waals surface area contributed by atoms with Crippen molar-refractivity contribution in [2.75, 3.05) is 5.73 Å². The average Bonchev–Trinajstić information content (AvgIpc) is 2.50. The van der Waals surface area contributed by atoms with E-state index in [9.17, 15) is 0 Å². The Kier molecular flexibility index (Phi) is 3.28. The highest BCUT2D eigenvalue weighted by molar-refractivity contribution is 5.85. The van der Waals surface area contributed by atoms with Crippen LogP contribution in [-0.4, -0.2) is 9.97 Å². The maximum Gasteiger partial charge on any atom is 0.0922 e. The summed E-state index contributed by atoms with van der Waals surface area (Å²) < 4.78 is 0. The molecule has 5 heteroatoms. The minimum absolute atomic E-state index is 0.296. The van der Waals surface area contributed by atoms with Gasteiger partial charge >= 0.3 is 0 Å². The fourth-order valence-corrected chi connectivity index (χ4v) is 2.35. The quantitative estimate of drug-likeness (QED) is 0.496. The molecule has 0 saturated carbocycles. The van der Waals surface area contributed by atoms with E-state index in [1.54, 1.807) is 24.7 Å². The zero-order valence-corrected chi connectivity index (χ0v) is 10.8. The molecule has 2 aromatic heterocycles. The fourth-order valence-electron chi connectivity index (χ4n) is 2.35. The van der Waals surface area contributed by atoms with Crippen molar-refractivity contribution in [2.24, 2.45) is 5.84 Å². The molecule has 0 aliphatic carbocycles. The van der Waals surface area contributed by atoms with Gasteiger partial charge in [0.15, 0.2) is 0 Å².